The molecule has 5 nitrogen and oxygen atoms in total. The molecule has 0 unspecified atom stereocenters. The van der Waals surface area contributed by atoms with Gasteiger partial charge in [0, 0.05) is 22.7 Å². The van der Waals surface area contributed by atoms with Crippen molar-refractivity contribution in [2.45, 2.75) is 0 Å². The quantitative estimate of drug-likeness (QED) is 0.663. The molecule has 0 saturated carbocycles. The number of halogens is 1. The summed E-state index contributed by atoms with van der Waals surface area (Å²) in [6.07, 6.45) is 1.73. The monoisotopic (exact) mass is 261 g/mol. The number of fused-ring (bicyclic) bond motifs is 1. The van der Waals surface area contributed by atoms with Crippen molar-refractivity contribution in [3.63, 3.8) is 0 Å². The smallest absolute Gasteiger partial charge is 0.341 e. The van der Waals surface area contributed by atoms with Crippen LogP contribution in [-0.2, 0) is 0 Å². The summed E-state index contributed by atoms with van der Waals surface area (Å²) in [4.78, 5) is 14.3. The summed E-state index contributed by atoms with van der Waals surface area (Å²) in [7, 11) is 0. The van der Waals surface area contributed by atoms with Crippen molar-refractivity contribution in [3.8, 4) is 11.3 Å². The van der Waals surface area contributed by atoms with Crippen LogP contribution in [0.3, 0.4) is 0 Å². The van der Waals surface area contributed by atoms with Crippen LogP contribution in [0.4, 0.5) is 0 Å². The third-order valence-corrected chi connectivity index (χ3v) is 3.05. The van der Waals surface area contributed by atoms with E-state index in [0.717, 1.165) is 10.9 Å². The summed E-state index contributed by atoms with van der Waals surface area (Å²) in [5.74, 6) is -1.10. The molecule has 3 aromatic rings. The number of nitrogens with one attached hydrogen (secondary N) is 2. The number of benzene rings is 1. The Bertz CT molecular complexity index is 745. The average molecular weight is 262 g/mol. The second-order valence-corrected chi connectivity index (χ2v) is 4.19. The number of carboxylic acids is 1. The molecule has 0 saturated heterocycles. The highest BCUT2D eigenvalue weighted by molar-refractivity contribution is 6.33. The molecule has 0 radical (unpaired) electrons. The molecule has 2 aromatic heterocycles. The Kier molecular flexibility index (Phi) is 2.34. The highest BCUT2D eigenvalue weighted by Crippen LogP contribution is 2.32. The van der Waals surface area contributed by atoms with Gasteiger partial charge in [0.15, 0.2) is 0 Å². The van der Waals surface area contributed by atoms with Gasteiger partial charge in [-0.25, -0.2) is 4.79 Å². The third-order valence-electron chi connectivity index (χ3n) is 2.78. The molecule has 3 rings (SSSR count). The van der Waals surface area contributed by atoms with Gasteiger partial charge in [-0.15, -0.1) is 0 Å². The highest BCUT2D eigenvalue weighted by atomic mass is 35.5. The first-order chi connectivity index (χ1) is 8.68. The molecule has 18 heavy (non-hydrogen) atoms. The minimum absolute atomic E-state index is 0.0126. The number of hydrogen-bond donors (Lipinski definition) is 3. The maximum atomic E-state index is 11.2. The molecular weight excluding hydrogens is 254 g/mol. The number of carbonyl (C=O) groups is 1. The number of aromatic amines is 2. The third kappa shape index (κ3) is 1.48. The van der Waals surface area contributed by atoms with Crippen LogP contribution in [0.1, 0.15) is 10.4 Å². The predicted molar refractivity (Wildman–Crippen MR) is 67.8 cm³/mol. The van der Waals surface area contributed by atoms with Gasteiger partial charge < -0.3 is 10.1 Å². The Morgan fingerprint density at radius 2 is 2.11 bits per heavy atom. The SMILES string of the molecule is O=C(O)c1c(-c2c[nH]c3ccccc23)n[nH]c1Cl. The Balaban J connectivity index is 2.30. The number of H-pyrrole nitrogens is 2. The summed E-state index contributed by atoms with van der Waals surface area (Å²) in [5.41, 5.74) is 1.96. The normalized spacial score (nSPS) is 10.9. The van der Waals surface area contributed by atoms with Crippen LogP contribution >= 0.6 is 11.6 Å². The van der Waals surface area contributed by atoms with Crippen LogP contribution in [0.2, 0.25) is 5.15 Å². The molecule has 90 valence electrons. The molecule has 0 aliphatic heterocycles. The maximum absolute atomic E-state index is 11.2. The van der Waals surface area contributed by atoms with Crippen molar-refractivity contribution >= 4 is 28.5 Å². The Labute approximate surface area is 106 Å². The minimum Gasteiger partial charge on any atom is -0.478 e. The first kappa shape index (κ1) is 10.9. The fraction of sp³-hybridized carbons (Fsp3) is 0. The topological polar surface area (TPSA) is 81.8 Å². The maximum Gasteiger partial charge on any atom is 0.341 e. The lowest BCUT2D eigenvalue weighted by Gasteiger charge is -1.97. The van der Waals surface area contributed by atoms with Crippen LogP contribution in [-0.4, -0.2) is 26.3 Å². The lowest BCUT2D eigenvalue weighted by atomic mass is 10.1. The fourth-order valence-electron chi connectivity index (χ4n) is 1.98. The van der Waals surface area contributed by atoms with Crippen molar-refractivity contribution in [3.05, 3.63) is 41.2 Å². The predicted octanol–water partition coefficient (Wildman–Crippen LogP) is 2.91. The molecule has 0 fully saturated rings. The van der Waals surface area contributed by atoms with E-state index in [0.29, 0.717) is 11.3 Å². The van der Waals surface area contributed by atoms with Gasteiger partial charge in [-0.05, 0) is 6.07 Å². The van der Waals surface area contributed by atoms with Crippen molar-refractivity contribution in [2.75, 3.05) is 0 Å². The number of rotatable bonds is 2. The number of nitrogens with zero attached hydrogens (tertiary/aromatic N) is 1. The molecule has 0 aliphatic carbocycles. The molecule has 0 spiro atoms. The van der Waals surface area contributed by atoms with Crippen LogP contribution in [0.5, 0.6) is 0 Å². The average Bonchev–Trinajstić information content (AvgIpc) is 2.92. The van der Waals surface area contributed by atoms with Crippen molar-refractivity contribution in [1.29, 1.82) is 0 Å². The molecular formula is C12H8ClN3O2. The van der Waals surface area contributed by atoms with E-state index >= 15 is 0 Å². The summed E-state index contributed by atoms with van der Waals surface area (Å²) < 4.78 is 0. The van der Waals surface area contributed by atoms with Crippen LogP contribution in [0, 0.1) is 0 Å². The first-order valence-electron chi connectivity index (χ1n) is 5.22. The first-order valence-corrected chi connectivity index (χ1v) is 5.60. The molecule has 0 bridgehead atoms. The van der Waals surface area contributed by atoms with E-state index in [4.69, 9.17) is 16.7 Å². The number of aromatic carboxylic acids is 1. The second-order valence-electron chi connectivity index (χ2n) is 3.81. The van der Waals surface area contributed by atoms with Gasteiger partial charge in [-0.2, -0.15) is 5.10 Å². The van der Waals surface area contributed by atoms with Gasteiger partial charge in [-0.1, -0.05) is 29.8 Å². The summed E-state index contributed by atoms with van der Waals surface area (Å²) >= 11 is 5.80. The van der Waals surface area contributed by atoms with Gasteiger partial charge >= 0.3 is 5.97 Å². The lowest BCUT2D eigenvalue weighted by molar-refractivity contribution is 0.0698. The fourth-order valence-corrected chi connectivity index (χ4v) is 2.19. The number of aromatic nitrogens is 3. The van der Waals surface area contributed by atoms with Crippen molar-refractivity contribution in [2.24, 2.45) is 0 Å². The van der Waals surface area contributed by atoms with E-state index in [1.807, 2.05) is 24.3 Å². The van der Waals surface area contributed by atoms with Gasteiger partial charge in [0.1, 0.15) is 16.4 Å². The Morgan fingerprint density at radius 1 is 1.33 bits per heavy atom. The largest absolute Gasteiger partial charge is 0.478 e. The minimum atomic E-state index is -1.10. The zero-order chi connectivity index (χ0) is 12.7. The Morgan fingerprint density at radius 3 is 2.89 bits per heavy atom. The van der Waals surface area contributed by atoms with Crippen LogP contribution < -0.4 is 0 Å². The van der Waals surface area contributed by atoms with Gasteiger partial charge in [0.05, 0.1) is 0 Å². The van der Waals surface area contributed by atoms with E-state index in [1.165, 1.54) is 0 Å². The van der Waals surface area contributed by atoms with Crippen LogP contribution in [0.15, 0.2) is 30.5 Å². The van der Waals surface area contributed by atoms with Gasteiger partial charge in [0.25, 0.3) is 0 Å². The zero-order valence-electron chi connectivity index (χ0n) is 9.07. The molecule has 0 amide bonds. The molecule has 2 heterocycles. The van der Waals surface area contributed by atoms with E-state index in [9.17, 15) is 4.79 Å². The molecule has 6 heteroatoms. The number of carboxylic acid groups (broad SMARTS) is 1. The standard InChI is InChI=1S/C12H8ClN3O2/c13-11-9(12(17)18)10(15-16-11)7-5-14-8-4-2-1-3-6(7)8/h1-5,14H,(H,15,16)(H,17,18). The zero-order valence-corrected chi connectivity index (χ0v) is 9.82. The van der Waals surface area contributed by atoms with E-state index < -0.39 is 5.97 Å². The van der Waals surface area contributed by atoms with E-state index in [-0.39, 0.29) is 10.7 Å². The second kappa shape index (κ2) is 3.89. The van der Waals surface area contributed by atoms with E-state index in [1.54, 1.807) is 6.20 Å². The molecule has 3 N–H and O–H groups in total. The molecule has 0 aliphatic rings. The molecule has 0 atom stereocenters. The number of para-hydroxylation sites is 1. The summed E-state index contributed by atoms with van der Waals surface area (Å²) in [6.45, 7) is 0. The van der Waals surface area contributed by atoms with Gasteiger partial charge in [-0.3, -0.25) is 5.10 Å². The van der Waals surface area contributed by atoms with Crippen LogP contribution in [0.25, 0.3) is 22.2 Å². The van der Waals surface area contributed by atoms with Crippen molar-refractivity contribution in [1.82, 2.24) is 15.2 Å². The summed E-state index contributed by atoms with van der Waals surface area (Å²) in [5, 5.41) is 16.6. The van der Waals surface area contributed by atoms with Gasteiger partial charge in [0.2, 0.25) is 0 Å². The number of hydrogen-bond acceptors (Lipinski definition) is 2. The highest BCUT2D eigenvalue weighted by Gasteiger charge is 2.21. The van der Waals surface area contributed by atoms with Crippen molar-refractivity contribution < 1.29 is 9.90 Å². The Hall–Kier alpha value is -2.27. The lowest BCUT2D eigenvalue weighted by Crippen LogP contribution is -1.97. The van der Waals surface area contributed by atoms with E-state index in [2.05, 4.69) is 15.2 Å². The summed E-state index contributed by atoms with van der Waals surface area (Å²) in [6, 6.07) is 7.59. The molecule has 1 aromatic carbocycles.